The average Bonchev–Trinajstić information content (AvgIpc) is 2.66. The summed E-state index contributed by atoms with van der Waals surface area (Å²) in [6.07, 6.45) is 2.89. The molecule has 86 valence electrons. The van der Waals surface area contributed by atoms with Gasteiger partial charge in [0.25, 0.3) is 5.78 Å². The number of methoxy groups -OCH3 is 1. The highest BCUT2D eigenvalue weighted by molar-refractivity contribution is 6.51. The average molecular weight is 233 g/mol. The minimum atomic E-state index is -1.09. The van der Waals surface area contributed by atoms with Crippen LogP contribution in [0.15, 0.2) is 30.1 Å². The van der Waals surface area contributed by atoms with Crippen molar-refractivity contribution in [2.45, 2.75) is 0 Å². The van der Waals surface area contributed by atoms with Crippen LogP contribution >= 0.6 is 0 Å². The molecule has 1 aliphatic rings. The molecule has 2 rings (SSSR count). The largest absolute Gasteiger partial charge is 0.465 e. The van der Waals surface area contributed by atoms with Crippen LogP contribution in [0.5, 0.6) is 0 Å². The predicted octanol–water partition coefficient (Wildman–Crippen LogP) is 0.0916. The van der Waals surface area contributed by atoms with Gasteiger partial charge in [-0.2, -0.15) is 0 Å². The summed E-state index contributed by atoms with van der Waals surface area (Å²) in [6, 6.07) is 3.16. The van der Waals surface area contributed by atoms with Crippen molar-refractivity contribution in [2.75, 3.05) is 7.11 Å². The minimum Gasteiger partial charge on any atom is -0.465 e. The molecule has 6 heteroatoms. The quantitative estimate of drug-likeness (QED) is 0.409. The van der Waals surface area contributed by atoms with Crippen molar-refractivity contribution in [3.8, 4) is 0 Å². The second kappa shape index (κ2) is 4.17. The lowest BCUT2D eigenvalue weighted by atomic mass is 10.1. The highest BCUT2D eigenvalue weighted by Crippen LogP contribution is 2.27. The molecule has 2 heterocycles. The van der Waals surface area contributed by atoms with E-state index in [1.165, 1.54) is 12.4 Å². The van der Waals surface area contributed by atoms with Gasteiger partial charge in [-0.1, -0.05) is 0 Å². The molecule has 1 aromatic heterocycles. The third-order valence-electron chi connectivity index (χ3n) is 2.15. The molecule has 0 radical (unpaired) electrons. The van der Waals surface area contributed by atoms with Crippen molar-refractivity contribution in [1.82, 2.24) is 4.98 Å². The van der Waals surface area contributed by atoms with Crippen molar-refractivity contribution >= 4 is 23.5 Å². The Labute approximate surface area is 95.9 Å². The molecule has 0 atom stereocenters. The Kier molecular flexibility index (Phi) is 2.70. The van der Waals surface area contributed by atoms with Gasteiger partial charge in [-0.25, -0.2) is 9.59 Å². The van der Waals surface area contributed by atoms with Crippen molar-refractivity contribution in [3.05, 3.63) is 35.7 Å². The number of cyclic esters (lactones) is 1. The normalized spacial score (nSPS) is 14.9. The highest BCUT2D eigenvalue weighted by atomic mass is 16.6. The predicted molar refractivity (Wildman–Crippen MR) is 54.3 cm³/mol. The monoisotopic (exact) mass is 233 g/mol. The number of pyridine rings is 1. The van der Waals surface area contributed by atoms with Gasteiger partial charge >= 0.3 is 11.9 Å². The third-order valence-corrected chi connectivity index (χ3v) is 2.15. The van der Waals surface area contributed by atoms with Crippen molar-refractivity contribution < 1.29 is 23.9 Å². The number of rotatable bonds is 2. The topological polar surface area (TPSA) is 82.6 Å². The second-order valence-corrected chi connectivity index (χ2v) is 3.16. The zero-order valence-electron chi connectivity index (χ0n) is 8.80. The van der Waals surface area contributed by atoms with Crippen LogP contribution < -0.4 is 0 Å². The van der Waals surface area contributed by atoms with Gasteiger partial charge in [-0.15, -0.1) is 0 Å². The number of Topliss-reactive ketones (excluding diaryl/α,β-unsaturated/α-hetero) is 1. The first-order valence-electron chi connectivity index (χ1n) is 4.64. The van der Waals surface area contributed by atoms with Crippen molar-refractivity contribution in [1.29, 1.82) is 0 Å². The van der Waals surface area contributed by atoms with Crippen LogP contribution in [0.2, 0.25) is 0 Å². The first-order valence-corrected chi connectivity index (χ1v) is 4.64. The second-order valence-electron chi connectivity index (χ2n) is 3.16. The smallest absolute Gasteiger partial charge is 0.385 e. The van der Waals surface area contributed by atoms with E-state index in [-0.39, 0.29) is 5.76 Å². The van der Waals surface area contributed by atoms with Crippen LogP contribution in [0.3, 0.4) is 0 Å². The number of hydrogen-bond acceptors (Lipinski definition) is 6. The Balaban J connectivity index is 2.55. The number of carbonyl (C=O) groups excluding carboxylic acids is 3. The summed E-state index contributed by atoms with van der Waals surface area (Å²) in [4.78, 5) is 37.8. The van der Waals surface area contributed by atoms with Gasteiger partial charge in [-0.3, -0.25) is 9.78 Å². The van der Waals surface area contributed by atoms with Gasteiger partial charge in [0.2, 0.25) is 0 Å². The summed E-state index contributed by atoms with van der Waals surface area (Å²) in [5.41, 5.74) is -0.0300. The Bertz CT molecular complexity index is 532. The maximum atomic E-state index is 11.4. The number of nitrogens with zero attached hydrogens (tertiary/aromatic N) is 1. The first kappa shape index (κ1) is 11.0. The first-order chi connectivity index (χ1) is 8.15. The van der Waals surface area contributed by atoms with E-state index in [2.05, 4.69) is 9.72 Å². The Hall–Kier alpha value is -2.50. The number of esters is 2. The summed E-state index contributed by atoms with van der Waals surface area (Å²) in [6.45, 7) is 0. The fraction of sp³-hybridized carbons (Fsp3) is 0.0909. The van der Waals surface area contributed by atoms with Crippen molar-refractivity contribution in [3.63, 3.8) is 0 Å². The number of ether oxygens (including phenoxy) is 2. The standard InChI is InChI=1S/C11H7NO5/c1-16-10(14)7-8(13)11(15)17-9(7)6-3-2-4-12-5-6/h2-5H,1H3. The van der Waals surface area contributed by atoms with E-state index in [0.717, 1.165) is 7.11 Å². The molecule has 0 saturated heterocycles. The third kappa shape index (κ3) is 1.80. The molecule has 0 bridgehead atoms. The Morgan fingerprint density at radius 1 is 1.41 bits per heavy atom. The summed E-state index contributed by atoms with van der Waals surface area (Å²) in [7, 11) is 1.12. The highest BCUT2D eigenvalue weighted by Gasteiger charge is 2.39. The SMILES string of the molecule is COC(=O)C1=C(c2cccnc2)OC(=O)C1=O. The molecule has 0 unspecified atom stereocenters. The van der Waals surface area contributed by atoms with E-state index in [1.54, 1.807) is 12.1 Å². The number of ketones is 1. The molecule has 0 aliphatic carbocycles. The molecule has 0 fully saturated rings. The summed E-state index contributed by atoms with van der Waals surface area (Å²) in [5, 5.41) is 0. The molecule has 0 N–H and O–H groups in total. The van der Waals surface area contributed by atoms with Gasteiger partial charge in [0.15, 0.2) is 11.3 Å². The lowest BCUT2D eigenvalue weighted by Gasteiger charge is -2.02. The van der Waals surface area contributed by atoms with E-state index >= 15 is 0 Å². The maximum Gasteiger partial charge on any atom is 0.385 e. The lowest BCUT2D eigenvalue weighted by molar-refractivity contribution is -0.146. The maximum absolute atomic E-state index is 11.4. The van der Waals surface area contributed by atoms with Crippen LogP contribution in [-0.4, -0.2) is 29.8 Å². The zero-order valence-corrected chi connectivity index (χ0v) is 8.80. The van der Waals surface area contributed by atoms with Crippen molar-refractivity contribution in [2.24, 2.45) is 0 Å². The fourth-order valence-electron chi connectivity index (χ4n) is 1.38. The molecular weight excluding hydrogens is 226 g/mol. The molecular formula is C11H7NO5. The molecule has 1 aliphatic heterocycles. The van der Waals surface area contributed by atoms with Gasteiger partial charge in [-0.05, 0) is 12.1 Å². The van der Waals surface area contributed by atoms with E-state index < -0.39 is 23.3 Å². The Morgan fingerprint density at radius 2 is 2.18 bits per heavy atom. The molecule has 0 amide bonds. The van der Waals surface area contributed by atoms with Gasteiger partial charge in [0.05, 0.1) is 7.11 Å². The fourth-order valence-corrected chi connectivity index (χ4v) is 1.38. The van der Waals surface area contributed by atoms with E-state index in [0.29, 0.717) is 5.56 Å². The van der Waals surface area contributed by atoms with E-state index in [9.17, 15) is 14.4 Å². The van der Waals surface area contributed by atoms with E-state index in [4.69, 9.17) is 4.74 Å². The zero-order chi connectivity index (χ0) is 12.4. The van der Waals surface area contributed by atoms with Gasteiger partial charge in [0.1, 0.15) is 0 Å². The molecule has 1 aromatic rings. The number of hydrogen-bond donors (Lipinski definition) is 0. The minimum absolute atomic E-state index is 0.111. The molecule has 0 saturated carbocycles. The van der Waals surface area contributed by atoms with E-state index in [1.807, 2.05) is 0 Å². The summed E-state index contributed by atoms with van der Waals surface area (Å²) >= 11 is 0. The molecule has 6 nitrogen and oxygen atoms in total. The number of aromatic nitrogens is 1. The molecule has 0 aromatic carbocycles. The molecule has 17 heavy (non-hydrogen) atoms. The van der Waals surface area contributed by atoms with Gasteiger partial charge < -0.3 is 9.47 Å². The lowest BCUT2D eigenvalue weighted by Crippen LogP contribution is -2.16. The van der Waals surface area contributed by atoms with Crippen LogP contribution in [0.25, 0.3) is 5.76 Å². The van der Waals surface area contributed by atoms with Gasteiger partial charge in [0, 0.05) is 18.0 Å². The van der Waals surface area contributed by atoms with Crippen LogP contribution in [-0.2, 0) is 23.9 Å². The van der Waals surface area contributed by atoms with Crippen LogP contribution in [0.4, 0.5) is 0 Å². The Morgan fingerprint density at radius 3 is 2.76 bits per heavy atom. The number of carbonyl (C=O) groups is 3. The molecule has 0 spiro atoms. The van der Waals surface area contributed by atoms with Crippen LogP contribution in [0, 0.1) is 0 Å². The summed E-state index contributed by atoms with van der Waals surface area (Å²) in [5.74, 6) is -3.11. The van der Waals surface area contributed by atoms with Crippen LogP contribution in [0.1, 0.15) is 5.56 Å². The summed E-state index contributed by atoms with van der Waals surface area (Å²) < 4.78 is 9.18.